The molecule has 6 atom stereocenters. The number of benzene rings is 2. The number of aliphatic hydroxyl groups is 2. The van der Waals surface area contributed by atoms with E-state index in [9.17, 15) is 10.2 Å². The van der Waals surface area contributed by atoms with Gasteiger partial charge in [-0.1, -0.05) is 60.7 Å². The molecule has 2 saturated heterocycles. The van der Waals surface area contributed by atoms with Crippen LogP contribution in [0.3, 0.4) is 0 Å². The second kappa shape index (κ2) is 7.84. The lowest BCUT2D eigenvalue weighted by molar-refractivity contribution is -0.331. The van der Waals surface area contributed by atoms with Crippen molar-refractivity contribution in [2.24, 2.45) is 0 Å². The Kier molecular flexibility index (Phi) is 5.31. The van der Waals surface area contributed by atoms with Crippen molar-refractivity contribution in [2.45, 2.75) is 37.0 Å². The number of aliphatic hydroxyl groups excluding tert-OH is 2. The van der Waals surface area contributed by atoms with Crippen LogP contribution in [-0.2, 0) is 18.9 Å². The molecular weight excluding hydrogens is 336 g/mol. The van der Waals surface area contributed by atoms with Crippen LogP contribution in [0.4, 0.5) is 0 Å². The molecule has 0 aliphatic carbocycles. The Hall–Kier alpha value is -1.80. The second-order valence-corrected chi connectivity index (χ2v) is 6.49. The van der Waals surface area contributed by atoms with E-state index in [1.165, 1.54) is 0 Å². The molecule has 0 spiro atoms. The molecule has 0 amide bonds. The lowest BCUT2D eigenvalue weighted by Gasteiger charge is -2.43. The first-order valence-electron chi connectivity index (χ1n) is 8.72. The zero-order valence-electron chi connectivity index (χ0n) is 14.2. The Morgan fingerprint density at radius 3 is 1.38 bits per heavy atom. The van der Waals surface area contributed by atoms with Crippen LogP contribution in [0.2, 0.25) is 0 Å². The van der Waals surface area contributed by atoms with E-state index in [1.54, 1.807) is 0 Å². The van der Waals surface area contributed by atoms with Gasteiger partial charge in [-0.2, -0.15) is 0 Å². The van der Waals surface area contributed by atoms with Crippen LogP contribution in [-0.4, -0.2) is 47.8 Å². The maximum Gasteiger partial charge on any atom is 0.184 e. The molecule has 0 aromatic heterocycles. The summed E-state index contributed by atoms with van der Waals surface area (Å²) in [4.78, 5) is 0. The maximum absolute atomic E-state index is 10.4. The van der Waals surface area contributed by atoms with Gasteiger partial charge in [-0.25, -0.2) is 0 Å². The largest absolute Gasteiger partial charge is 0.388 e. The fourth-order valence-electron chi connectivity index (χ4n) is 3.27. The van der Waals surface area contributed by atoms with E-state index in [-0.39, 0.29) is 13.2 Å². The molecule has 138 valence electrons. The molecule has 0 bridgehead atoms. The van der Waals surface area contributed by atoms with Gasteiger partial charge in [-0.15, -0.1) is 0 Å². The van der Waals surface area contributed by atoms with E-state index in [2.05, 4.69) is 0 Å². The maximum atomic E-state index is 10.4. The Morgan fingerprint density at radius 2 is 1.00 bits per heavy atom. The molecule has 2 aliphatic rings. The first-order valence-corrected chi connectivity index (χ1v) is 8.72. The van der Waals surface area contributed by atoms with Gasteiger partial charge in [0.2, 0.25) is 0 Å². The Morgan fingerprint density at radius 1 is 0.615 bits per heavy atom. The van der Waals surface area contributed by atoms with Crippen LogP contribution < -0.4 is 0 Å². The first-order chi connectivity index (χ1) is 12.7. The predicted octanol–water partition coefficient (Wildman–Crippen LogP) is 1.94. The van der Waals surface area contributed by atoms with Crippen molar-refractivity contribution in [2.75, 3.05) is 13.2 Å². The zero-order valence-corrected chi connectivity index (χ0v) is 14.2. The lowest BCUT2D eigenvalue weighted by atomic mass is 10.0. The molecule has 2 N–H and O–H groups in total. The summed E-state index contributed by atoms with van der Waals surface area (Å²) in [7, 11) is 0. The number of hydrogen-bond acceptors (Lipinski definition) is 6. The van der Waals surface area contributed by atoms with Crippen LogP contribution >= 0.6 is 0 Å². The molecule has 6 heteroatoms. The smallest absolute Gasteiger partial charge is 0.184 e. The molecule has 26 heavy (non-hydrogen) atoms. The quantitative estimate of drug-likeness (QED) is 0.873. The fourth-order valence-corrected chi connectivity index (χ4v) is 3.27. The number of rotatable bonds is 3. The Balaban J connectivity index is 1.51. The normalized spacial score (nSPS) is 35.2. The lowest BCUT2D eigenvalue weighted by Crippen LogP contribution is -2.55. The predicted molar refractivity (Wildman–Crippen MR) is 92.0 cm³/mol. The summed E-state index contributed by atoms with van der Waals surface area (Å²) in [6.07, 6.45) is -4.47. The molecule has 2 aromatic rings. The highest BCUT2D eigenvalue weighted by Crippen LogP contribution is 2.34. The summed E-state index contributed by atoms with van der Waals surface area (Å²) in [6.45, 7) is 0.210. The molecule has 2 aliphatic heterocycles. The standard InChI is InChI=1S/C20H22O6/c21-15-11-23-19(13-7-3-1-4-8-13)25-17(15)18-16(22)12-24-20(26-18)14-9-5-2-6-10-14/h1-10,15-22H,11-12H2/t15-,16-,17-,18+,19-,20+/m1/s1. The summed E-state index contributed by atoms with van der Waals surface area (Å²) >= 11 is 0. The summed E-state index contributed by atoms with van der Waals surface area (Å²) < 4.78 is 23.1. The molecule has 0 unspecified atom stereocenters. The van der Waals surface area contributed by atoms with Crippen molar-refractivity contribution in [1.82, 2.24) is 0 Å². The molecule has 6 nitrogen and oxygen atoms in total. The highest BCUT2D eigenvalue weighted by molar-refractivity contribution is 5.18. The summed E-state index contributed by atoms with van der Waals surface area (Å²) in [5, 5.41) is 20.8. The van der Waals surface area contributed by atoms with Gasteiger partial charge in [-0.05, 0) is 0 Å². The minimum atomic E-state index is -0.899. The fraction of sp³-hybridized carbons (Fsp3) is 0.400. The third-order valence-corrected chi connectivity index (χ3v) is 4.62. The van der Waals surface area contributed by atoms with E-state index in [4.69, 9.17) is 18.9 Å². The van der Waals surface area contributed by atoms with Crippen LogP contribution in [0, 0.1) is 0 Å². The van der Waals surface area contributed by atoms with Gasteiger partial charge in [0.05, 0.1) is 13.2 Å². The van der Waals surface area contributed by atoms with Gasteiger partial charge < -0.3 is 29.2 Å². The highest BCUT2D eigenvalue weighted by atomic mass is 16.7. The van der Waals surface area contributed by atoms with Crippen molar-refractivity contribution in [1.29, 1.82) is 0 Å². The molecule has 4 rings (SSSR count). The van der Waals surface area contributed by atoms with Gasteiger partial charge in [0, 0.05) is 11.1 Å². The van der Waals surface area contributed by atoms with Crippen LogP contribution in [0.25, 0.3) is 0 Å². The van der Waals surface area contributed by atoms with Crippen LogP contribution in [0.15, 0.2) is 60.7 Å². The van der Waals surface area contributed by atoms with Crippen LogP contribution in [0.5, 0.6) is 0 Å². The minimum Gasteiger partial charge on any atom is -0.388 e. The zero-order chi connectivity index (χ0) is 17.9. The van der Waals surface area contributed by atoms with E-state index < -0.39 is 37.0 Å². The van der Waals surface area contributed by atoms with Crippen molar-refractivity contribution in [3.05, 3.63) is 71.8 Å². The van der Waals surface area contributed by atoms with Crippen molar-refractivity contribution in [3.8, 4) is 0 Å². The topological polar surface area (TPSA) is 77.4 Å². The minimum absolute atomic E-state index is 0.105. The summed E-state index contributed by atoms with van der Waals surface area (Å²) in [5.74, 6) is 0. The van der Waals surface area contributed by atoms with Gasteiger partial charge in [0.15, 0.2) is 12.6 Å². The third kappa shape index (κ3) is 3.66. The Labute approximate surface area is 151 Å². The summed E-state index contributed by atoms with van der Waals surface area (Å²) in [5.41, 5.74) is 1.70. The van der Waals surface area contributed by atoms with E-state index in [1.807, 2.05) is 60.7 Å². The molecule has 2 heterocycles. The first kappa shape index (κ1) is 17.6. The van der Waals surface area contributed by atoms with E-state index in [0.717, 1.165) is 11.1 Å². The number of ether oxygens (including phenoxy) is 4. The summed E-state index contributed by atoms with van der Waals surface area (Å²) in [6, 6.07) is 19.0. The monoisotopic (exact) mass is 358 g/mol. The highest BCUT2D eigenvalue weighted by Gasteiger charge is 2.44. The molecule has 2 fully saturated rings. The molecule has 0 radical (unpaired) electrons. The molecule has 0 saturated carbocycles. The van der Waals surface area contributed by atoms with Gasteiger partial charge in [-0.3, -0.25) is 0 Å². The SMILES string of the molecule is O[C@@H]1CO[C@H](c2ccccc2)O[C@@H]1[C@@H]1O[C@H](c2ccccc2)OC[C@H]1O. The second-order valence-electron chi connectivity index (χ2n) is 6.49. The molecule has 2 aromatic carbocycles. The van der Waals surface area contributed by atoms with E-state index >= 15 is 0 Å². The van der Waals surface area contributed by atoms with Crippen molar-refractivity contribution >= 4 is 0 Å². The molecular formula is C20H22O6. The van der Waals surface area contributed by atoms with Crippen molar-refractivity contribution in [3.63, 3.8) is 0 Å². The van der Waals surface area contributed by atoms with E-state index in [0.29, 0.717) is 0 Å². The Bertz CT molecular complexity index is 632. The van der Waals surface area contributed by atoms with Gasteiger partial charge >= 0.3 is 0 Å². The third-order valence-electron chi connectivity index (χ3n) is 4.62. The van der Waals surface area contributed by atoms with Crippen molar-refractivity contribution < 1.29 is 29.2 Å². The number of hydrogen-bond donors (Lipinski definition) is 2. The average Bonchev–Trinajstić information content (AvgIpc) is 2.70. The van der Waals surface area contributed by atoms with Gasteiger partial charge in [0.1, 0.15) is 24.4 Å². The van der Waals surface area contributed by atoms with Gasteiger partial charge in [0.25, 0.3) is 0 Å². The average molecular weight is 358 g/mol. The van der Waals surface area contributed by atoms with Crippen LogP contribution in [0.1, 0.15) is 23.7 Å².